The molecule has 0 aromatic heterocycles. The maximum absolute atomic E-state index is 12.0. The van der Waals surface area contributed by atoms with E-state index in [0.29, 0.717) is 6.42 Å². The molecule has 86 valence electrons. The molecule has 1 aromatic rings. The van der Waals surface area contributed by atoms with Crippen molar-refractivity contribution < 1.29 is 4.79 Å². The Bertz CT molecular complexity index is 352. The van der Waals surface area contributed by atoms with E-state index in [0.717, 1.165) is 36.8 Å². The van der Waals surface area contributed by atoms with Crippen molar-refractivity contribution in [3.63, 3.8) is 0 Å². The highest BCUT2D eigenvalue weighted by molar-refractivity contribution is 5.97. The van der Waals surface area contributed by atoms with Crippen LogP contribution in [-0.2, 0) is 6.42 Å². The van der Waals surface area contributed by atoms with Gasteiger partial charge in [0.15, 0.2) is 5.78 Å². The van der Waals surface area contributed by atoms with Gasteiger partial charge in [0.1, 0.15) is 0 Å². The number of Topliss-reactive ketones (excluding diaryl/α,β-unsaturated/α-hetero) is 1. The molecule has 0 radical (unpaired) electrons. The van der Waals surface area contributed by atoms with Crippen LogP contribution in [0.25, 0.3) is 0 Å². The molecule has 0 amide bonds. The van der Waals surface area contributed by atoms with E-state index in [-0.39, 0.29) is 5.78 Å². The molecule has 0 saturated carbocycles. The normalized spacial score (nSPS) is 10.1. The topological polar surface area (TPSA) is 17.1 Å². The van der Waals surface area contributed by atoms with Crippen LogP contribution in [0.5, 0.6) is 0 Å². The van der Waals surface area contributed by atoms with Crippen LogP contribution in [-0.4, -0.2) is 5.78 Å². The second-order valence-electron chi connectivity index (χ2n) is 4.03. The molecule has 1 nitrogen and oxygen atoms in total. The smallest absolute Gasteiger partial charge is 0.163 e. The zero-order valence-electron chi connectivity index (χ0n) is 10.0. The Morgan fingerprint density at radius 1 is 1.31 bits per heavy atom. The van der Waals surface area contributed by atoms with Gasteiger partial charge in [-0.15, -0.1) is 6.58 Å². The van der Waals surface area contributed by atoms with Crippen LogP contribution in [0.2, 0.25) is 0 Å². The van der Waals surface area contributed by atoms with Gasteiger partial charge in [0.25, 0.3) is 0 Å². The molecule has 0 N–H and O–H groups in total. The molecule has 0 spiro atoms. The van der Waals surface area contributed by atoms with E-state index < -0.39 is 0 Å². The Morgan fingerprint density at radius 2 is 2.06 bits per heavy atom. The van der Waals surface area contributed by atoms with Gasteiger partial charge in [-0.05, 0) is 18.4 Å². The molecule has 0 aliphatic rings. The van der Waals surface area contributed by atoms with Crippen LogP contribution in [0.3, 0.4) is 0 Å². The van der Waals surface area contributed by atoms with Crippen LogP contribution in [0.4, 0.5) is 0 Å². The highest BCUT2D eigenvalue weighted by atomic mass is 16.1. The fraction of sp³-hybridized carbons (Fsp3) is 0.400. The number of carbonyl (C=O) groups is 1. The van der Waals surface area contributed by atoms with Gasteiger partial charge in [0.2, 0.25) is 0 Å². The lowest BCUT2D eigenvalue weighted by Crippen LogP contribution is -2.03. The van der Waals surface area contributed by atoms with E-state index in [1.54, 1.807) is 0 Å². The minimum absolute atomic E-state index is 0.269. The maximum atomic E-state index is 12.0. The third-order valence-corrected chi connectivity index (χ3v) is 2.69. The molecule has 0 heterocycles. The van der Waals surface area contributed by atoms with E-state index in [4.69, 9.17) is 0 Å². The van der Waals surface area contributed by atoms with E-state index in [1.165, 1.54) is 0 Å². The van der Waals surface area contributed by atoms with Crippen LogP contribution in [0.1, 0.15) is 48.5 Å². The van der Waals surface area contributed by atoms with Gasteiger partial charge in [-0.25, -0.2) is 0 Å². The minimum Gasteiger partial charge on any atom is -0.294 e. The van der Waals surface area contributed by atoms with Gasteiger partial charge < -0.3 is 0 Å². The predicted molar refractivity (Wildman–Crippen MR) is 68.8 cm³/mol. The monoisotopic (exact) mass is 216 g/mol. The summed E-state index contributed by atoms with van der Waals surface area (Å²) in [4.78, 5) is 12.0. The molecule has 0 saturated heterocycles. The summed E-state index contributed by atoms with van der Waals surface area (Å²) in [5, 5.41) is 0. The molecule has 0 atom stereocenters. The standard InChI is InChI=1S/C15H20O/c1-3-5-6-12-15(16)14-11-8-7-10-13(14)9-4-2/h4,7-8,10-11H,2-3,5-6,9,12H2,1H3. The zero-order valence-corrected chi connectivity index (χ0v) is 10.0. The first kappa shape index (κ1) is 12.7. The molecule has 1 heteroatoms. The first-order valence-corrected chi connectivity index (χ1v) is 6.01. The van der Waals surface area contributed by atoms with E-state index in [1.807, 2.05) is 30.3 Å². The molecular formula is C15H20O. The Labute approximate surface area is 98.2 Å². The molecule has 16 heavy (non-hydrogen) atoms. The SMILES string of the molecule is C=CCc1ccccc1C(=O)CCCCC. The summed E-state index contributed by atoms with van der Waals surface area (Å²) in [5.41, 5.74) is 1.97. The number of benzene rings is 1. The van der Waals surface area contributed by atoms with Crippen molar-refractivity contribution >= 4 is 5.78 Å². The number of ketones is 1. The maximum Gasteiger partial charge on any atom is 0.163 e. The first-order chi connectivity index (χ1) is 7.79. The number of rotatable bonds is 7. The van der Waals surface area contributed by atoms with E-state index in [2.05, 4.69) is 13.5 Å². The second-order valence-corrected chi connectivity index (χ2v) is 4.03. The van der Waals surface area contributed by atoms with Crippen LogP contribution in [0, 0.1) is 0 Å². The summed E-state index contributed by atoms with van der Waals surface area (Å²) >= 11 is 0. The van der Waals surface area contributed by atoms with Gasteiger partial charge in [0.05, 0.1) is 0 Å². The summed E-state index contributed by atoms with van der Waals surface area (Å²) in [7, 11) is 0. The lowest BCUT2D eigenvalue weighted by molar-refractivity contribution is 0.0978. The summed E-state index contributed by atoms with van der Waals surface area (Å²) < 4.78 is 0. The molecular weight excluding hydrogens is 196 g/mol. The van der Waals surface area contributed by atoms with Crippen molar-refractivity contribution in [2.24, 2.45) is 0 Å². The Morgan fingerprint density at radius 3 is 2.75 bits per heavy atom. The fourth-order valence-corrected chi connectivity index (χ4v) is 1.80. The summed E-state index contributed by atoms with van der Waals surface area (Å²) in [6.45, 7) is 5.87. The molecule has 0 bridgehead atoms. The average Bonchev–Trinajstić information content (AvgIpc) is 2.30. The number of hydrogen-bond acceptors (Lipinski definition) is 1. The Kier molecular flexibility index (Phi) is 5.55. The summed E-state index contributed by atoms with van der Waals surface area (Å²) in [6, 6.07) is 7.84. The lowest BCUT2D eigenvalue weighted by atomic mass is 9.98. The van der Waals surface area contributed by atoms with Crippen LogP contribution < -0.4 is 0 Å². The number of carbonyl (C=O) groups excluding carboxylic acids is 1. The molecule has 1 rings (SSSR count). The van der Waals surface area contributed by atoms with Gasteiger partial charge in [-0.2, -0.15) is 0 Å². The largest absolute Gasteiger partial charge is 0.294 e. The van der Waals surface area contributed by atoms with Crippen LogP contribution in [0.15, 0.2) is 36.9 Å². The van der Waals surface area contributed by atoms with Crippen LogP contribution >= 0.6 is 0 Å². The quantitative estimate of drug-likeness (QED) is 0.379. The lowest BCUT2D eigenvalue weighted by Gasteiger charge is -2.06. The number of allylic oxidation sites excluding steroid dienone is 1. The van der Waals surface area contributed by atoms with Crippen molar-refractivity contribution in [3.05, 3.63) is 48.0 Å². The summed E-state index contributed by atoms with van der Waals surface area (Å²) in [6.07, 6.45) is 6.57. The Hall–Kier alpha value is -1.37. The predicted octanol–water partition coefficient (Wildman–Crippen LogP) is 4.18. The van der Waals surface area contributed by atoms with Crippen molar-refractivity contribution in [2.45, 2.75) is 39.0 Å². The van der Waals surface area contributed by atoms with Crippen molar-refractivity contribution in [1.82, 2.24) is 0 Å². The van der Waals surface area contributed by atoms with Gasteiger partial charge >= 0.3 is 0 Å². The fourth-order valence-electron chi connectivity index (χ4n) is 1.80. The highest BCUT2D eigenvalue weighted by Gasteiger charge is 2.08. The third-order valence-electron chi connectivity index (χ3n) is 2.69. The molecule has 1 aromatic carbocycles. The summed E-state index contributed by atoms with van der Waals surface area (Å²) in [5.74, 6) is 0.269. The molecule has 0 aliphatic heterocycles. The number of hydrogen-bond donors (Lipinski definition) is 0. The zero-order chi connectivity index (χ0) is 11.8. The highest BCUT2D eigenvalue weighted by Crippen LogP contribution is 2.14. The minimum atomic E-state index is 0.269. The average molecular weight is 216 g/mol. The first-order valence-electron chi connectivity index (χ1n) is 6.01. The third kappa shape index (κ3) is 3.65. The molecule has 0 fully saturated rings. The Balaban J connectivity index is 2.69. The van der Waals surface area contributed by atoms with Gasteiger partial charge in [-0.1, -0.05) is 50.1 Å². The van der Waals surface area contributed by atoms with Gasteiger partial charge in [0, 0.05) is 12.0 Å². The molecule has 0 unspecified atom stereocenters. The molecule has 0 aliphatic carbocycles. The van der Waals surface area contributed by atoms with Crippen molar-refractivity contribution in [3.8, 4) is 0 Å². The number of unbranched alkanes of at least 4 members (excludes halogenated alkanes) is 2. The van der Waals surface area contributed by atoms with Crippen molar-refractivity contribution in [2.75, 3.05) is 0 Å². The van der Waals surface area contributed by atoms with Gasteiger partial charge in [-0.3, -0.25) is 4.79 Å². The second kappa shape index (κ2) is 7.00. The van der Waals surface area contributed by atoms with Crippen molar-refractivity contribution in [1.29, 1.82) is 0 Å². The van der Waals surface area contributed by atoms with E-state index in [9.17, 15) is 4.79 Å². The van der Waals surface area contributed by atoms with E-state index >= 15 is 0 Å².